The topological polar surface area (TPSA) is 83.5 Å². The molecule has 0 aromatic carbocycles. The maximum atomic E-state index is 11.8. The van der Waals surface area contributed by atoms with E-state index in [0.717, 1.165) is 13.8 Å². The van der Waals surface area contributed by atoms with Crippen LogP contribution in [-0.4, -0.2) is 37.0 Å². The van der Waals surface area contributed by atoms with Crippen LogP contribution in [0.3, 0.4) is 0 Å². The van der Waals surface area contributed by atoms with Gasteiger partial charge in [-0.1, -0.05) is 0 Å². The highest BCUT2D eigenvalue weighted by Gasteiger charge is 2.33. The van der Waals surface area contributed by atoms with Crippen LogP contribution in [0, 0.1) is 0 Å². The predicted molar refractivity (Wildman–Crippen MR) is 53.9 cm³/mol. The monoisotopic (exact) mass is 277 g/mol. The number of sulfonamides is 1. The molecule has 9 heteroatoms. The molecule has 0 saturated carbocycles. The van der Waals surface area contributed by atoms with Gasteiger partial charge in [0.05, 0.1) is 5.75 Å². The molecule has 0 spiro atoms. The highest BCUT2D eigenvalue weighted by atomic mass is 32.2. The van der Waals surface area contributed by atoms with Gasteiger partial charge >= 0.3 is 12.1 Å². The molecule has 0 rings (SSSR count). The molecule has 2 N–H and O–H groups in total. The van der Waals surface area contributed by atoms with E-state index in [4.69, 9.17) is 5.11 Å². The van der Waals surface area contributed by atoms with Gasteiger partial charge in [0, 0.05) is 6.42 Å². The summed E-state index contributed by atoms with van der Waals surface area (Å²) in [5.74, 6) is -2.17. The molecule has 0 aromatic heterocycles. The number of carbonyl (C=O) groups is 1. The second-order valence-electron chi connectivity index (χ2n) is 4.07. The quantitative estimate of drug-likeness (QED) is 0.762. The minimum atomic E-state index is -4.42. The van der Waals surface area contributed by atoms with E-state index in [1.165, 1.54) is 0 Å². The standard InChI is InChI=1S/C8H14F3NO4S/c1-7(2,6(13)14)12-17(15,16)5-3-4-8(9,10)11/h12H,3-5H2,1-2H3,(H,13,14). The molecule has 0 atom stereocenters. The summed E-state index contributed by atoms with van der Waals surface area (Å²) in [4.78, 5) is 10.6. The Balaban J connectivity index is 4.37. The Labute approximate surface area is 97.1 Å². The first-order valence-corrected chi connectivity index (χ1v) is 6.33. The van der Waals surface area contributed by atoms with Crippen LogP contribution in [0.15, 0.2) is 0 Å². The van der Waals surface area contributed by atoms with Crippen molar-refractivity contribution in [3.63, 3.8) is 0 Å². The summed E-state index contributed by atoms with van der Waals surface area (Å²) in [7, 11) is -4.04. The van der Waals surface area contributed by atoms with Crippen LogP contribution in [0.25, 0.3) is 0 Å². The normalized spacial score (nSPS) is 13.7. The van der Waals surface area contributed by atoms with Crippen LogP contribution in [0.2, 0.25) is 0 Å². The first-order valence-electron chi connectivity index (χ1n) is 4.67. The highest BCUT2D eigenvalue weighted by Crippen LogP contribution is 2.21. The van der Waals surface area contributed by atoms with Crippen molar-refractivity contribution < 1.29 is 31.5 Å². The number of nitrogens with one attached hydrogen (secondary N) is 1. The van der Waals surface area contributed by atoms with Gasteiger partial charge in [0.25, 0.3) is 0 Å². The average molecular weight is 277 g/mol. The lowest BCUT2D eigenvalue weighted by Gasteiger charge is -2.20. The van der Waals surface area contributed by atoms with Crippen molar-refractivity contribution in [3.05, 3.63) is 0 Å². The Morgan fingerprint density at radius 2 is 1.76 bits per heavy atom. The largest absolute Gasteiger partial charge is 0.480 e. The SMILES string of the molecule is CC(C)(NS(=O)(=O)CCCC(F)(F)F)C(=O)O. The van der Waals surface area contributed by atoms with Crippen LogP contribution < -0.4 is 4.72 Å². The molecule has 0 bridgehead atoms. The molecule has 0 unspecified atom stereocenters. The molecule has 0 heterocycles. The Kier molecular flexibility index (Phi) is 4.96. The van der Waals surface area contributed by atoms with E-state index >= 15 is 0 Å². The Morgan fingerprint density at radius 3 is 2.12 bits per heavy atom. The first-order chi connectivity index (χ1) is 7.36. The summed E-state index contributed by atoms with van der Waals surface area (Å²) in [5, 5.41) is 8.65. The van der Waals surface area contributed by atoms with Gasteiger partial charge in [-0.15, -0.1) is 0 Å². The van der Waals surface area contributed by atoms with Crippen molar-refractivity contribution in [2.75, 3.05) is 5.75 Å². The van der Waals surface area contributed by atoms with Gasteiger partial charge in [-0.2, -0.15) is 17.9 Å². The van der Waals surface area contributed by atoms with Gasteiger partial charge in [0.1, 0.15) is 5.54 Å². The molecule has 0 fully saturated rings. The smallest absolute Gasteiger partial charge is 0.389 e. The van der Waals surface area contributed by atoms with E-state index in [2.05, 4.69) is 0 Å². The van der Waals surface area contributed by atoms with E-state index in [0.29, 0.717) is 0 Å². The second-order valence-corrected chi connectivity index (χ2v) is 5.91. The van der Waals surface area contributed by atoms with Crippen LogP contribution >= 0.6 is 0 Å². The molecule has 0 radical (unpaired) electrons. The zero-order valence-corrected chi connectivity index (χ0v) is 10.2. The first kappa shape index (κ1) is 16.2. The fraction of sp³-hybridized carbons (Fsp3) is 0.875. The van der Waals surface area contributed by atoms with Gasteiger partial charge < -0.3 is 5.11 Å². The fourth-order valence-electron chi connectivity index (χ4n) is 0.946. The molecule has 0 aliphatic rings. The van der Waals surface area contributed by atoms with E-state index < -0.39 is 46.3 Å². The summed E-state index contributed by atoms with van der Waals surface area (Å²) in [6.45, 7) is 2.22. The number of rotatable bonds is 6. The number of carboxylic acid groups (broad SMARTS) is 1. The van der Waals surface area contributed by atoms with E-state index in [1.54, 1.807) is 0 Å². The third-order valence-corrected chi connectivity index (χ3v) is 3.47. The summed E-state index contributed by atoms with van der Waals surface area (Å²) in [6, 6.07) is 0. The lowest BCUT2D eigenvalue weighted by Crippen LogP contribution is -2.50. The number of halogens is 3. The summed E-state index contributed by atoms with van der Waals surface area (Å²) in [6.07, 6.45) is -6.24. The van der Waals surface area contributed by atoms with Gasteiger partial charge in [-0.3, -0.25) is 4.79 Å². The fourth-order valence-corrected chi connectivity index (χ4v) is 2.44. The van der Waals surface area contributed by atoms with E-state index in [9.17, 15) is 26.4 Å². The van der Waals surface area contributed by atoms with Crippen molar-refractivity contribution in [1.29, 1.82) is 0 Å². The predicted octanol–water partition coefficient (Wildman–Crippen LogP) is 1.11. The molecule has 102 valence electrons. The van der Waals surface area contributed by atoms with E-state index in [-0.39, 0.29) is 0 Å². The number of alkyl halides is 3. The van der Waals surface area contributed by atoms with Gasteiger partial charge in [0.15, 0.2) is 0 Å². The Bertz CT molecular complexity index is 375. The maximum absolute atomic E-state index is 11.8. The highest BCUT2D eigenvalue weighted by molar-refractivity contribution is 7.89. The number of carboxylic acids is 1. The van der Waals surface area contributed by atoms with Crippen LogP contribution in [0.1, 0.15) is 26.7 Å². The summed E-state index contributed by atoms with van der Waals surface area (Å²) >= 11 is 0. The molecule has 0 aliphatic heterocycles. The third-order valence-electron chi connectivity index (χ3n) is 1.82. The van der Waals surface area contributed by atoms with Gasteiger partial charge in [-0.05, 0) is 20.3 Å². The van der Waals surface area contributed by atoms with Crippen molar-refractivity contribution >= 4 is 16.0 Å². The number of hydrogen-bond donors (Lipinski definition) is 2. The molecular formula is C8H14F3NO4S. The molecule has 5 nitrogen and oxygen atoms in total. The lowest BCUT2D eigenvalue weighted by atomic mass is 10.1. The Hall–Kier alpha value is -0.830. The molecule has 0 aromatic rings. The van der Waals surface area contributed by atoms with Crippen LogP contribution in [0.5, 0.6) is 0 Å². The molecule has 0 aliphatic carbocycles. The third kappa shape index (κ3) is 7.16. The maximum Gasteiger partial charge on any atom is 0.389 e. The van der Waals surface area contributed by atoms with Gasteiger partial charge in [0.2, 0.25) is 10.0 Å². The zero-order chi connectivity index (χ0) is 13.9. The van der Waals surface area contributed by atoms with Crippen molar-refractivity contribution in [3.8, 4) is 0 Å². The lowest BCUT2D eigenvalue weighted by molar-refractivity contribution is -0.142. The second kappa shape index (κ2) is 5.21. The molecule has 0 saturated heterocycles. The van der Waals surface area contributed by atoms with Gasteiger partial charge in [-0.25, -0.2) is 8.42 Å². The minimum absolute atomic E-state index is 0.603. The zero-order valence-electron chi connectivity index (χ0n) is 9.34. The minimum Gasteiger partial charge on any atom is -0.480 e. The number of hydrogen-bond acceptors (Lipinski definition) is 3. The van der Waals surface area contributed by atoms with E-state index in [1.807, 2.05) is 4.72 Å². The van der Waals surface area contributed by atoms with Crippen LogP contribution in [-0.2, 0) is 14.8 Å². The molecular weight excluding hydrogens is 263 g/mol. The van der Waals surface area contributed by atoms with Crippen molar-refractivity contribution in [2.45, 2.75) is 38.4 Å². The molecule has 0 amide bonds. The summed E-state index contributed by atoms with van der Waals surface area (Å²) < 4.78 is 59.8. The number of aliphatic carboxylic acids is 1. The van der Waals surface area contributed by atoms with Crippen molar-refractivity contribution in [1.82, 2.24) is 4.72 Å². The van der Waals surface area contributed by atoms with Crippen LogP contribution in [0.4, 0.5) is 13.2 Å². The summed E-state index contributed by atoms with van der Waals surface area (Å²) in [5.41, 5.74) is -1.74. The average Bonchev–Trinajstić information content (AvgIpc) is 1.97. The molecule has 17 heavy (non-hydrogen) atoms. The Morgan fingerprint density at radius 1 is 1.29 bits per heavy atom. The van der Waals surface area contributed by atoms with Crippen molar-refractivity contribution in [2.24, 2.45) is 0 Å².